The van der Waals surface area contributed by atoms with Crippen LogP contribution in [0.5, 0.6) is 5.75 Å². The highest BCUT2D eigenvalue weighted by Gasteiger charge is 2.38. The molecule has 0 bridgehead atoms. The van der Waals surface area contributed by atoms with Gasteiger partial charge in [-0.1, -0.05) is 48.6 Å². The Morgan fingerprint density at radius 1 is 1.06 bits per heavy atom. The second kappa shape index (κ2) is 9.54. The van der Waals surface area contributed by atoms with Crippen LogP contribution in [0.25, 0.3) is 11.1 Å². The van der Waals surface area contributed by atoms with E-state index in [0.717, 1.165) is 28.8 Å². The van der Waals surface area contributed by atoms with Crippen molar-refractivity contribution >= 4 is 11.7 Å². The van der Waals surface area contributed by atoms with Gasteiger partial charge in [0.15, 0.2) is 0 Å². The molecule has 0 aromatic heterocycles. The van der Waals surface area contributed by atoms with Gasteiger partial charge in [-0.15, -0.1) is 0 Å². The summed E-state index contributed by atoms with van der Waals surface area (Å²) in [4.78, 5) is 13.2. The third-order valence-corrected chi connectivity index (χ3v) is 6.65. The summed E-state index contributed by atoms with van der Waals surface area (Å²) in [5.74, 6) is 0.813. The van der Waals surface area contributed by atoms with E-state index < -0.39 is 0 Å². The van der Waals surface area contributed by atoms with Crippen molar-refractivity contribution in [2.24, 2.45) is 5.92 Å². The highest BCUT2D eigenvalue weighted by atomic mass is 16.5. The number of benzene rings is 3. The number of nitrogens with one attached hydrogen (secondary N) is 1. The van der Waals surface area contributed by atoms with E-state index in [-0.39, 0.29) is 17.9 Å². The first kappa shape index (κ1) is 21.9. The van der Waals surface area contributed by atoms with E-state index in [1.54, 1.807) is 24.3 Å². The van der Waals surface area contributed by atoms with Crippen LogP contribution in [-0.2, 0) is 4.74 Å². The summed E-state index contributed by atoms with van der Waals surface area (Å²) in [6.07, 6.45) is 5.49. The molecule has 3 atom stereocenters. The number of nitriles is 1. The van der Waals surface area contributed by atoms with Crippen molar-refractivity contribution in [3.05, 3.63) is 95.6 Å². The Bertz CT molecular complexity index is 1260. The molecule has 34 heavy (non-hydrogen) atoms. The highest BCUT2D eigenvalue weighted by molar-refractivity contribution is 5.98. The smallest absolute Gasteiger partial charge is 0.345 e. The van der Waals surface area contributed by atoms with Gasteiger partial charge in [0.25, 0.3) is 0 Å². The predicted molar refractivity (Wildman–Crippen MR) is 132 cm³/mol. The van der Waals surface area contributed by atoms with Crippen LogP contribution in [0, 0.1) is 17.2 Å². The number of ether oxygens (including phenoxy) is 2. The molecule has 3 unspecified atom stereocenters. The summed E-state index contributed by atoms with van der Waals surface area (Å²) in [5.41, 5.74) is 5.13. The fourth-order valence-electron chi connectivity index (χ4n) is 4.92. The van der Waals surface area contributed by atoms with E-state index in [4.69, 9.17) is 14.7 Å². The summed E-state index contributed by atoms with van der Waals surface area (Å²) >= 11 is 0. The molecule has 1 heterocycles. The Morgan fingerprint density at radius 3 is 2.50 bits per heavy atom. The molecule has 1 aliphatic heterocycles. The van der Waals surface area contributed by atoms with Crippen LogP contribution in [0.15, 0.2) is 78.9 Å². The molecule has 0 amide bonds. The van der Waals surface area contributed by atoms with Crippen LogP contribution in [-0.4, -0.2) is 25.2 Å². The van der Waals surface area contributed by atoms with Gasteiger partial charge in [0, 0.05) is 12.5 Å². The number of carbonyl (C=O) groups is 1. The van der Waals surface area contributed by atoms with Gasteiger partial charge in [-0.25, -0.2) is 4.79 Å². The topological polar surface area (TPSA) is 71.3 Å². The maximum Gasteiger partial charge on any atom is 0.345 e. The molecule has 3 aromatic carbocycles. The van der Waals surface area contributed by atoms with E-state index in [0.29, 0.717) is 36.0 Å². The normalized spacial score (nSPS) is 20.1. The molecule has 2 aliphatic rings. The monoisotopic (exact) mass is 450 g/mol. The Labute approximate surface area is 199 Å². The zero-order valence-electron chi connectivity index (χ0n) is 19.0. The third kappa shape index (κ3) is 4.21. The molecule has 0 radical (unpaired) electrons. The van der Waals surface area contributed by atoms with Gasteiger partial charge in [0.2, 0.25) is 0 Å². The fraction of sp³-hybridized carbons (Fsp3) is 0.241. The lowest BCUT2D eigenvalue weighted by molar-refractivity contribution is 0.0734. The van der Waals surface area contributed by atoms with Crippen molar-refractivity contribution in [3.8, 4) is 22.9 Å². The van der Waals surface area contributed by atoms with Gasteiger partial charge >= 0.3 is 5.97 Å². The van der Waals surface area contributed by atoms with Crippen LogP contribution in [0.4, 0.5) is 5.69 Å². The second-order valence-electron chi connectivity index (χ2n) is 8.64. The zero-order chi connectivity index (χ0) is 23.5. The first-order chi connectivity index (χ1) is 16.7. The SMILES string of the molecule is CCOCC1Nc2c(C(=O)Oc3ccc(-c4ccc(C#N)cc4)cc3)cccc2C2C=CCC12. The average Bonchev–Trinajstić information content (AvgIpc) is 3.38. The van der Waals surface area contributed by atoms with Crippen molar-refractivity contribution in [2.75, 3.05) is 18.5 Å². The summed E-state index contributed by atoms with van der Waals surface area (Å²) < 4.78 is 11.5. The van der Waals surface area contributed by atoms with Crippen molar-refractivity contribution in [1.82, 2.24) is 0 Å². The molecule has 5 nitrogen and oxygen atoms in total. The first-order valence-electron chi connectivity index (χ1n) is 11.6. The van der Waals surface area contributed by atoms with Gasteiger partial charge in [-0.05, 0) is 66.3 Å². The number of para-hydroxylation sites is 1. The maximum atomic E-state index is 13.2. The van der Waals surface area contributed by atoms with Crippen LogP contribution in [0.3, 0.4) is 0 Å². The number of fused-ring (bicyclic) bond motifs is 3. The van der Waals surface area contributed by atoms with Crippen molar-refractivity contribution in [2.45, 2.75) is 25.3 Å². The quantitative estimate of drug-likeness (QED) is 0.286. The predicted octanol–water partition coefficient (Wildman–Crippen LogP) is 5.93. The van der Waals surface area contributed by atoms with Crippen molar-refractivity contribution < 1.29 is 14.3 Å². The first-order valence-corrected chi connectivity index (χ1v) is 11.6. The fourth-order valence-corrected chi connectivity index (χ4v) is 4.92. The Kier molecular flexibility index (Phi) is 6.16. The number of hydrogen-bond acceptors (Lipinski definition) is 5. The molecular weight excluding hydrogens is 424 g/mol. The van der Waals surface area contributed by atoms with Crippen LogP contribution < -0.4 is 10.1 Å². The van der Waals surface area contributed by atoms with Crippen LogP contribution in [0.1, 0.15) is 40.7 Å². The van der Waals surface area contributed by atoms with E-state index in [1.807, 2.05) is 43.3 Å². The van der Waals surface area contributed by atoms with Crippen LogP contribution >= 0.6 is 0 Å². The number of carbonyl (C=O) groups excluding carboxylic acids is 1. The molecule has 170 valence electrons. The third-order valence-electron chi connectivity index (χ3n) is 6.65. The van der Waals surface area contributed by atoms with Gasteiger partial charge in [-0.2, -0.15) is 5.26 Å². The molecule has 3 aromatic rings. The lowest BCUT2D eigenvalue weighted by Gasteiger charge is -2.37. The number of nitrogens with zero attached hydrogens (tertiary/aromatic N) is 1. The molecule has 0 spiro atoms. The molecule has 0 saturated carbocycles. The van der Waals surface area contributed by atoms with E-state index >= 15 is 0 Å². The maximum absolute atomic E-state index is 13.2. The summed E-state index contributed by atoms with van der Waals surface area (Å²) in [5, 5.41) is 12.6. The molecule has 5 heteroatoms. The minimum Gasteiger partial charge on any atom is -0.423 e. The summed E-state index contributed by atoms with van der Waals surface area (Å²) in [6.45, 7) is 3.27. The average molecular weight is 451 g/mol. The van der Waals surface area contributed by atoms with E-state index in [1.165, 1.54) is 0 Å². The largest absolute Gasteiger partial charge is 0.423 e. The van der Waals surface area contributed by atoms with Gasteiger partial charge in [0.1, 0.15) is 5.75 Å². The lowest BCUT2D eigenvalue weighted by Crippen LogP contribution is -2.40. The second-order valence-corrected chi connectivity index (χ2v) is 8.64. The van der Waals surface area contributed by atoms with Gasteiger partial charge in [-0.3, -0.25) is 0 Å². The number of esters is 1. The number of hydrogen-bond donors (Lipinski definition) is 1. The molecule has 5 rings (SSSR count). The molecular formula is C29H26N2O3. The number of allylic oxidation sites excluding steroid dienone is 2. The number of rotatable bonds is 6. The molecule has 1 N–H and O–H groups in total. The van der Waals surface area contributed by atoms with Gasteiger partial charge < -0.3 is 14.8 Å². The van der Waals surface area contributed by atoms with Gasteiger partial charge in [0.05, 0.1) is 35.5 Å². The van der Waals surface area contributed by atoms with Crippen molar-refractivity contribution in [1.29, 1.82) is 5.26 Å². The Balaban J connectivity index is 1.36. The van der Waals surface area contributed by atoms with E-state index in [9.17, 15) is 4.79 Å². The summed E-state index contributed by atoms with van der Waals surface area (Å²) in [7, 11) is 0. The lowest BCUT2D eigenvalue weighted by atomic mass is 9.78. The minimum atomic E-state index is -0.383. The van der Waals surface area contributed by atoms with Crippen LogP contribution in [0.2, 0.25) is 0 Å². The molecule has 0 fully saturated rings. The number of anilines is 1. The van der Waals surface area contributed by atoms with Crippen molar-refractivity contribution in [3.63, 3.8) is 0 Å². The Morgan fingerprint density at radius 2 is 1.79 bits per heavy atom. The zero-order valence-corrected chi connectivity index (χ0v) is 19.0. The summed E-state index contributed by atoms with van der Waals surface area (Å²) in [6, 6.07) is 22.9. The molecule has 0 saturated heterocycles. The minimum absolute atomic E-state index is 0.146. The standard InChI is InChI=1S/C29H26N2O3/c1-2-33-18-27-24-6-3-5-23(24)25-7-4-8-26(28(25)31-27)29(32)34-22-15-13-21(14-16-22)20-11-9-19(17-30)10-12-20/h3-5,7-16,23-24,27,31H,2,6,18H2,1H3. The Hall–Kier alpha value is -3.88. The molecule has 1 aliphatic carbocycles. The highest BCUT2D eigenvalue weighted by Crippen LogP contribution is 2.45. The van der Waals surface area contributed by atoms with E-state index in [2.05, 4.69) is 29.6 Å².